The topological polar surface area (TPSA) is 55.1 Å². The Hall–Kier alpha value is -1.13. The van der Waals surface area contributed by atoms with E-state index in [-0.39, 0.29) is 23.4 Å². The fourth-order valence-corrected chi connectivity index (χ4v) is 1.54. The number of benzene rings is 1. The van der Waals surface area contributed by atoms with Crippen LogP contribution in [0.1, 0.15) is 18.9 Å². The van der Waals surface area contributed by atoms with Crippen LogP contribution in [0.2, 0.25) is 5.02 Å². The minimum atomic E-state index is -0.441. The largest absolute Gasteiger partial charge is 0.370 e. The molecule has 0 saturated heterocycles. The Morgan fingerprint density at radius 3 is 2.94 bits per heavy atom. The van der Waals surface area contributed by atoms with Crippen LogP contribution in [0.5, 0.6) is 0 Å². The molecule has 0 radical (unpaired) electrons. The van der Waals surface area contributed by atoms with E-state index in [0.717, 1.165) is 0 Å². The molecular weight excluding hydrogens is 231 g/mol. The summed E-state index contributed by atoms with van der Waals surface area (Å²) in [5.41, 5.74) is 5.72. The van der Waals surface area contributed by atoms with Crippen molar-refractivity contribution in [1.29, 1.82) is 0 Å². The Morgan fingerprint density at radius 2 is 2.31 bits per heavy atom. The summed E-state index contributed by atoms with van der Waals surface area (Å²) >= 11 is 5.78. The second-order valence-corrected chi connectivity index (χ2v) is 4.04. The minimum Gasteiger partial charge on any atom is -0.370 e. The van der Waals surface area contributed by atoms with E-state index in [1.54, 1.807) is 12.1 Å². The van der Waals surface area contributed by atoms with E-state index in [0.29, 0.717) is 12.1 Å². The molecular formula is C11H14ClFN2O. The van der Waals surface area contributed by atoms with Crippen LogP contribution in [0.25, 0.3) is 0 Å². The highest BCUT2D eigenvalue weighted by Gasteiger charge is 2.08. The summed E-state index contributed by atoms with van der Waals surface area (Å²) in [4.78, 5) is 10.6. The zero-order valence-electron chi connectivity index (χ0n) is 8.97. The van der Waals surface area contributed by atoms with Crippen LogP contribution in [0.3, 0.4) is 0 Å². The van der Waals surface area contributed by atoms with Gasteiger partial charge in [0.2, 0.25) is 5.91 Å². The molecule has 16 heavy (non-hydrogen) atoms. The number of carbonyl (C=O) groups is 1. The van der Waals surface area contributed by atoms with Crippen LogP contribution in [0.15, 0.2) is 18.2 Å². The predicted octanol–water partition coefficient (Wildman–Crippen LogP) is 1.83. The molecule has 88 valence electrons. The molecule has 1 unspecified atom stereocenters. The smallest absolute Gasteiger partial charge is 0.218 e. The lowest BCUT2D eigenvalue weighted by molar-refractivity contribution is -0.118. The van der Waals surface area contributed by atoms with Crippen molar-refractivity contribution in [2.75, 3.05) is 0 Å². The molecule has 0 aliphatic rings. The first kappa shape index (κ1) is 12.9. The zero-order chi connectivity index (χ0) is 12.1. The molecule has 0 saturated carbocycles. The number of hydrogen-bond donors (Lipinski definition) is 2. The lowest BCUT2D eigenvalue weighted by Gasteiger charge is -2.12. The van der Waals surface area contributed by atoms with Crippen LogP contribution in [-0.4, -0.2) is 11.9 Å². The standard InChI is InChI=1S/C11H14ClFN2O/c1-7(5-10(14)16)15-6-8-3-2-4-9(13)11(8)12/h2-4,7,15H,5-6H2,1H3,(H2,14,16). The molecule has 0 aliphatic heterocycles. The van der Waals surface area contributed by atoms with Crippen LogP contribution < -0.4 is 11.1 Å². The quantitative estimate of drug-likeness (QED) is 0.830. The average Bonchev–Trinajstić information content (AvgIpc) is 2.19. The van der Waals surface area contributed by atoms with Gasteiger partial charge >= 0.3 is 0 Å². The van der Waals surface area contributed by atoms with Crippen LogP contribution >= 0.6 is 11.6 Å². The van der Waals surface area contributed by atoms with E-state index in [4.69, 9.17) is 17.3 Å². The maximum Gasteiger partial charge on any atom is 0.218 e. The summed E-state index contributed by atoms with van der Waals surface area (Å²) in [5.74, 6) is -0.811. The summed E-state index contributed by atoms with van der Waals surface area (Å²) in [6.07, 6.45) is 0.243. The molecule has 0 bridgehead atoms. The van der Waals surface area contributed by atoms with E-state index < -0.39 is 5.82 Å². The van der Waals surface area contributed by atoms with Gasteiger partial charge in [0.15, 0.2) is 0 Å². The second-order valence-electron chi connectivity index (χ2n) is 3.67. The Labute approximate surface area is 98.8 Å². The SMILES string of the molecule is CC(CC(N)=O)NCc1cccc(F)c1Cl. The molecule has 3 nitrogen and oxygen atoms in total. The first-order valence-corrected chi connectivity index (χ1v) is 5.33. The summed E-state index contributed by atoms with van der Waals surface area (Å²) in [6.45, 7) is 2.24. The van der Waals surface area contributed by atoms with Crippen LogP contribution in [0.4, 0.5) is 4.39 Å². The highest BCUT2D eigenvalue weighted by atomic mass is 35.5. The third-order valence-electron chi connectivity index (χ3n) is 2.18. The molecule has 1 aromatic carbocycles. The van der Waals surface area contributed by atoms with Crippen molar-refractivity contribution in [3.8, 4) is 0 Å². The van der Waals surface area contributed by atoms with Gasteiger partial charge in [0.05, 0.1) is 5.02 Å². The molecule has 0 aliphatic carbocycles. The number of nitrogens with one attached hydrogen (secondary N) is 1. The summed E-state index contributed by atoms with van der Waals surface area (Å²) in [5, 5.41) is 3.16. The van der Waals surface area contributed by atoms with Crippen molar-refractivity contribution in [2.24, 2.45) is 5.73 Å². The summed E-state index contributed by atoms with van der Waals surface area (Å²) in [6, 6.07) is 4.57. The third-order valence-corrected chi connectivity index (χ3v) is 2.60. The van der Waals surface area contributed by atoms with E-state index in [2.05, 4.69) is 5.32 Å². The zero-order valence-corrected chi connectivity index (χ0v) is 9.72. The van der Waals surface area contributed by atoms with Crippen molar-refractivity contribution >= 4 is 17.5 Å². The van der Waals surface area contributed by atoms with Gasteiger partial charge in [-0.2, -0.15) is 0 Å². The maximum absolute atomic E-state index is 13.1. The third kappa shape index (κ3) is 3.79. The Kier molecular flexibility index (Phi) is 4.71. The molecule has 3 N–H and O–H groups in total. The van der Waals surface area contributed by atoms with Gasteiger partial charge in [-0.25, -0.2) is 4.39 Å². The first-order chi connectivity index (χ1) is 7.50. The number of nitrogens with two attached hydrogens (primary N) is 1. The fraction of sp³-hybridized carbons (Fsp3) is 0.364. The molecule has 0 spiro atoms. The van der Waals surface area contributed by atoms with Crippen LogP contribution in [-0.2, 0) is 11.3 Å². The van der Waals surface area contributed by atoms with Gasteiger partial charge in [-0.3, -0.25) is 4.79 Å². The molecule has 1 aromatic rings. The van der Waals surface area contributed by atoms with Crippen molar-refractivity contribution in [1.82, 2.24) is 5.32 Å². The molecule has 0 heterocycles. The van der Waals surface area contributed by atoms with Gasteiger partial charge in [-0.1, -0.05) is 23.7 Å². The van der Waals surface area contributed by atoms with E-state index in [9.17, 15) is 9.18 Å². The van der Waals surface area contributed by atoms with Gasteiger partial charge in [0.25, 0.3) is 0 Å². The molecule has 5 heteroatoms. The highest BCUT2D eigenvalue weighted by molar-refractivity contribution is 6.31. The average molecular weight is 245 g/mol. The second kappa shape index (κ2) is 5.82. The van der Waals surface area contributed by atoms with Crippen molar-refractivity contribution < 1.29 is 9.18 Å². The predicted molar refractivity (Wildman–Crippen MR) is 61.5 cm³/mol. The number of primary amides is 1. The Bertz CT molecular complexity index is 384. The van der Waals surface area contributed by atoms with Crippen molar-refractivity contribution in [3.63, 3.8) is 0 Å². The van der Waals surface area contributed by atoms with E-state index in [1.807, 2.05) is 6.92 Å². The number of amides is 1. The number of carbonyl (C=O) groups excluding carboxylic acids is 1. The monoisotopic (exact) mass is 244 g/mol. The minimum absolute atomic E-state index is 0.0585. The van der Waals surface area contributed by atoms with Gasteiger partial charge in [0, 0.05) is 19.0 Å². The van der Waals surface area contributed by atoms with Gasteiger partial charge in [0.1, 0.15) is 5.82 Å². The Balaban J connectivity index is 2.54. The Morgan fingerprint density at radius 1 is 1.62 bits per heavy atom. The van der Waals surface area contributed by atoms with E-state index in [1.165, 1.54) is 6.07 Å². The number of rotatable bonds is 5. The van der Waals surface area contributed by atoms with Crippen molar-refractivity contribution in [2.45, 2.75) is 25.9 Å². The van der Waals surface area contributed by atoms with Gasteiger partial charge in [-0.15, -0.1) is 0 Å². The number of halogens is 2. The normalized spacial score (nSPS) is 12.4. The molecule has 0 fully saturated rings. The summed E-state index contributed by atoms with van der Waals surface area (Å²) < 4.78 is 13.1. The van der Waals surface area contributed by atoms with Crippen molar-refractivity contribution in [3.05, 3.63) is 34.6 Å². The van der Waals surface area contributed by atoms with Crippen LogP contribution in [0, 0.1) is 5.82 Å². The fourth-order valence-electron chi connectivity index (χ4n) is 1.34. The number of hydrogen-bond acceptors (Lipinski definition) is 2. The van der Waals surface area contributed by atoms with E-state index >= 15 is 0 Å². The maximum atomic E-state index is 13.1. The molecule has 0 aromatic heterocycles. The lowest BCUT2D eigenvalue weighted by atomic mass is 10.2. The molecule has 1 rings (SSSR count). The van der Waals surface area contributed by atoms with Gasteiger partial charge in [-0.05, 0) is 18.6 Å². The lowest BCUT2D eigenvalue weighted by Crippen LogP contribution is -2.30. The summed E-state index contributed by atoms with van der Waals surface area (Å²) in [7, 11) is 0. The van der Waals surface area contributed by atoms with Gasteiger partial charge < -0.3 is 11.1 Å². The first-order valence-electron chi connectivity index (χ1n) is 4.95. The highest BCUT2D eigenvalue weighted by Crippen LogP contribution is 2.19. The molecule has 1 amide bonds. The molecule has 1 atom stereocenters.